The number of para-hydroxylation sites is 3. The summed E-state index contributed by atoms with van der Waals surface area (Å²) in [5, 5.41) is 7.55. The third-order valence-corrected chi connectivity index (χ3v) is 12.7. The number of hydrogen-bond donors (Lipinski definition) is 0. The molecule has 258 valence electrons. The van der Waals surface area contributed by atoms with Crippen molar-refractivity contribution in [2.45, 2.75) is 12.8 Å². The van der Waals surface area contributed by atoms with Gasteiger partial charge in [0.2, 0.25) is 0 Å². The normalized spacial score (nSPS) is 12.9. The van der Waals surface area contributed by atoms with E-state index in [9.17, 15) is 0 Å². The summed E-state index contributed by atoms with van der Waals surface area (Å²) in [5.74, 6) is 0.720. The highest BCUT2D eigenvalue weighted by atomic mass is 32.1. The molecule has 0 saturated heterocycles. The van der Waals surface area contributed by atoms with Gasteiger partial charge in [-0.2, -0.15) is 0 Å². The molecule has 0 amide bonds. The van der Waals surface area contributed by atoms with Gasteiger partial charge in [-0.05, 0) is 85.1 Å². The second-order valence-corrected chi connectivity index (χ2v) is 15.6. The lowest BCUT2D eigenvalue weighted by Gasteiger charge is -2.12. The molecule has 0 N–H and O–H groups in total. The average Bonchev–Trinajstić information content (AvgIpc) is 3.90. The first-order valence-electron chi connectivity index (χ1n) is 18.9. The first-order valence-corrected chi connectivity index (χ1v) is 19.7. The van der Waals surface area contributed by atoms with E-state index in [-0.39, 0.29) is 0 Å². The van der Waals surface area contributed by atoms with Crippen LogP contribution in [0.5, 0.6) is 0 Å². The fraction of sp³-hybridized carbons (Fsp3) is 0.0400. The topological polar surface area (TPSA) is 35.6 Å². The van der Waals surface area contributed by atoms with Crippen LogP contribution >= 0.6 is 11.3 Å². The van der Waals surface area contributed by atoms with Gasteiger partial charge in [0.25, 0.3) is 0 Å². The van der Waals surface area contributed by atoms with Gasteiger partial charge in [0.05, 0.1) is 33.3 Å². The Bertz CT molecular complexity index is 3350. The van der Waals surface area contributed by atoms with E-state index < -0.39 is 0 Å². The Labute approximate surface area is 320 Å². The molecule has 0 fully saturated rings. The second-order valence-electron chi connectivity index (χ2n) is 14.5. The van der Waals surface area contributed by atoms with Crippen molar-refractivity contribution >= 4 is 82.0 Å². The molecule has 0 aliphatic heterocycles. The summed E-state index contributed by atoms with van der Waals surface area (Å²) in [4.78, 5) is 11.7. The maximum Gasteiger partial charge on any atom is 0.160 e. The molecule has 0 atom stereocenters. The Morgan fingerprint density at radius 2 is 1.20 bits per heavy atom. The Morgan fingerprint density at radius 1 is 0.491 bits per heavy atom. The average molecular weight is 721 g/mol. The quantitative estimate of drug-likeness (QED) is 0.181. The number of hydrogen-bond acceptors (Lipinski definition) is 3. The van der Waals surface area contributed by atoms with Crippen LogP contribution < -0.4 is 0 Å². The molecule has 0 bridgehead atoms. The minimum atomic E-state index is 0.720. The van der Waals surface area contributed by atoms with E-state index in [1.807, 2.05) is 23.5 Å². The standard InChI is InChI=1S/C50H32N4S/c1-3-13-31(14-4-1)48-38-19-7-10-20-41(38)51-50(52-48)32-23-25-34(26-24-32)53-42-21-11-8-17-35(42)39-29-40-45(30-44(39)53)54(33-15-5-2-6-16-33)43-28-27-37-36-18-9-12-22-46(36)55-49(37)47(40)43/h1-11,13-21,23-30H,12,22H2. The molecule has 4 aromatic heterocycles. The Morgan fingerprint density at radius 3 is 2.05 bits per heavy atom. The number of fused-ring (bicyclic) bond motifs is 11. The lowest BCUT2D eigenvalue weighted by atomic mass is 10.0. The van der Waals surface area contributed by atoms with E-state index >= 15 is 0 Å². The second kappa shape index (κ2) is 11.8. The Kier molecular flexibility index (Phi) is 6.59. The van der Waals surface area contributed by atoms with Gasteiger partial charge in [-0.1, -0.05) is 103 Å². The smallest absolute Gasteiger partial charge is 0.160 e. The van der Waals surface area contributed by atoms with Crippen LogP contribution in [0, 0.1) is 0 Å². The molecule has 55 heavy (non-hydrogen) atoms. The lowest BCUT2D eigenvalue weighted by Crippen LogP contribution is -1.97. The van der Waals surface area contributed by atoms with Crippen LogP contribution in [0.2, 0.25) is 0 Å². The van der Waals surface area contributed by atoms with Crippen LogP contribution in [0.1, 0.15) is 16.9 Å². The van der Waals surface area contributed by atoms with E-state index in [2.05, 4.69) is 167 Å². The van der Waals surface area contributed by atoms with Crippen molar-refractivity contribution in [1.82, 2.24) is 19.1 Å². The van der Waals surface area contributed by atoms with Crippen molar-refractivity contribution in [2.75, 3.05) is 0 Å². The summed E-state index contributed by atoms with van der Waals surface area (Å²) in [6, 6.07) is 56.6. The number of allylic oxidation sites excluding steroid dienone is 1. The zero-order chi connectivity index (χ0) is 36.0. The van der Waals surface area contributed by atoms with Gasteiger partial charge in [-0.25, -0.2) is 9.97 Å². The minimum Gasteiger partial charge on any atom is -0.309 e. The van der Waals surface area contributed by atoms with Crippen LogP contribution in [0.4, 0.5) is 0 Å². The summed E-state index contributed by atoms with van der Waals surface area (Å²) in [6.07, 6.45) is 6.89. The molecule has 0 spiro atoms. The summed E-state index contributed by atoms with van der Waals surface area (Å²) in [5.41, 5.74) is 12.4. The monoisotopic (exact) mass is 720 g/mol. The number of aryl methyl sites for hydroxylation is 1. The lowest BCUT2D eigenvalue weighted by molar-refractivity contribution is 1.02. The van der Waals surface area contributed by atoms with Gasteiger partial charge < -0.3 is 9.13 Å². The summed E-state index contributed by atoms with van der Waals surface area (Å²) in [6.45, 7) is 0. The van der Waals surface area contributed by atoms with E-state index in [0.717, 1.165) is 52.1 Å². The van der Waals surface area contributed by atoms with Crippen LogP contribution in [-0.2, 0) is 6.42 Å². The SMILES string of the molecule is C1=Cc2c(sc3c2ccc2c3c3cc4c5ccccc5n(-c5ccc(-c6nc(-c7ccccc7)c7ccccc7n6)cc5)c4cc3n2-c2ccccc2)CC1. The van der Waals surface area contributed by atoms with Crippen LogP contribution in [-0.4, -0.2) is 19.1 Å². The molecule has 11 aromatic rings. The van der Waals surface area contributed by atoms with Gasteiger partial charge in [0, 0.05) is 64.4 Å². The van der Waals surface area contributed by atoms with Crippen LogP contribution in [0.25, 0.3) is 105 Å². The van der Waals surface area contributed by atoms with Crippen molar-refractivity contribution < 1.29 is 0 Å². The van der Waals surface area contributed by atoms with Gasteiger partial charge in [-0.15, -0.1) is 11.3 Å². The predicted molar refractivity (Wildman–Crippen MR) is 232 cm³/mol. The summed E-state index contributed by atoms with van der Waals surface area (Å²) < 4.78 is 6.27. The van der Waals surface area contributed by atoms with Crippen molar-refractivity contribution in [2.24, 2.45) is 0 Å². The molecule has 1 aliphatic rings. The fourth-order valence-corrected chi connectivity index (χ4v) is 10.2. The van der Waals surface area contributed by atoms with Crippen molar-refractivity contribution in [3.8, 4) is 34.0 Å². The highest BCUT2D eigenvalue weighted by Gasteiger charge is 2.23. The van der Waals surface area contributed by atoms with Crippen LogP contribution in [0.15, 0.2) is 164 Å². The van der Waals surface area contributed by atoms with E-state index in [4.69, 9.17) is 9.97 Å². The molecule has 7 aromatic carbocycles. The largest absolute Gasteiger partial charge is 0.309 e. The molecular formula is C50H32N4S. The number of aromatic nitrogens is 4. The number of rotatable bonds is 4. The zero-order valence-corrected chi connectivity index (χ0v) is 30.6. The molecular weight excluding hydrogens is 689 g/mol. The molecule has 0 saturated carbocycles. The first-order chi connectivity index (χ1) is 27.3. The first kappa shape index (κ1) is 30.6. The molecule has 1 aliphatic carbocycles. The summed E-state index contributed by atoms with van der Waals surface area (Å²) >= 11 is 1.98. The highest BCUT2D eigenvalue weighted by Crippen LogP contribution is 2.46. The van der Waals surface area contributed by atoms with Gasteiger partial charge in [-0.3, -0.25) is 0 Å². The number of benzene rings is 7. The summed E-state index contributed by atoms with van der Waals surface area (Å²) in [7, 11) is 0. The predicted octanol–water partition coefficient (Wildman–Crippen LogP) is 13.3. The maximum absolute atomic E-state index is 5.15. The third-order valence-electron chi connectivity index (χ3n) is 11.4. The van der Waals surface area contributed by atoms with E-state index in [0.29, 0.717) is 0 Å². The Balaban J connectivity index is 1.09. The molecule has 5 heteroatoms. The van der Waals surface area contributed by atoms with Crippen molar-refractivity contribution in [3.05, 3.63) is 174 Å². The zero-order valence-electron chi connectivity index (χ0n) is 29.8. The molecule has 4 nitrogen and oxygen atoms in total. The molecule has 0 unspecified atom stereocenters. The minimum absolute atomic E-state index is 0.720. The molecule has 0 radical (unpaired) electrons. The van der Waals surface area contributed by atoms with Gasteiger partial charge >= 0.3 is 0 Å². The van der Waals surface area contributed by atoms with E-state index in [1.54, 1.807) is 0 Å². The van der Waals surface area contributed by atoms with Gasteiger partial charge in [0.1, 0.15) is 0 Å². The molecule has 12 rings (SSSR count). The third kappa shape index (κ3) is 4.57. The Hall–Kier alpha value is -6.82. The fourth-order valence-electron chi connectivity index (χ4n) is 8.88. The highest BCUT2D eigenvalue weighted by molar-refractivity contribution is 7.20. The number of thiophene rings is 1. The van der Waals surface area contributed by atoms with Crippen molar-refractivity contribution in [1.29, 1.82) is 0 Å². The van der Waals surface area contributed by atoms with Crippen molar-refractivity contribution in [3.63, 3.8) is 0 Å². The maximum atomic E-state index is 5.15. The molecule has 4 heterocycles. The van der Waals surface area contributed by atoms with Crippen LogP contribution in [0.3, 0.4) is 0 Å². The number of nitrogens with zero attached hydrogens (tertiary/aromatic N) is 4. The van der Waals surface area contributed by atoms with E-state index in [1.165, 1.54) is 69.8 Å². The van der Waals surface area contributed by atoms with Gasteiger partial charge in [0.15, 0.2) is 5.82 Å².